The quantitative estimate of drug-likeness (QED) is 0.153. The molecule has 0 atom stereocenters. The highest BCUT2D eigenvalue weighted by Crippen LogP contribution is 2.51. The lowest BCUT2D eigenvalue weighted by atomic mass is 9.79. The Bertz CT molecular complexity index is 3420. The van der Waals surface area contributed by atoms with Crippen LogP contribution in [0.4, 0.5) is 0 Å². The molecule has 11 aromatic carbocycles. The fraction of sp³-hybridized carbons (Fsp3) is 0. The maximum absolute atomic E-state index is 2.46. The van der Waals surface area contributed by atoms with Gasteiger partial charge in [-0.15, -0.1) is 0 Å². The van der Waals surface area contributed by atoms with Crippen LogP contribution in [0.3, 0.4) is 0 Å². The van der Waals surface area contributed by atoms with Crippen LogP contribution >= 0.6 is 0 Å². The SMILES string of the molecule is c1ccc(-c2ccc(-c3cc(-c4ccccc4)cc(-c4c5ccccc5c(-c5ccc6c(c5)-c5ccccc5-c5ccccc5-c5ccccc5-6)c5ccccc45)c3)cc2)cc1. The van der Waals surface area contributed by atoms with Crippen LogP contribution in [0.5, 0.6) is 0 Å². The first-order chi connectivity index (χ1) is 30.8. The molecule has 0 spiro atoms. The van der Waals surface area contributed by atoms with Gasteiger partial charge in [0.15, 0.2) is 0 Å². The van der Waals surface area contributed by atoms with E-state index in [0.717, 1.165) is 0 Å². The average Bonchev–Trinajstić information content (AvgIpc) is 3.35. The molecule has 0 amide bonds. The molecule has 0 nitrogen and oxygen atoms in total. The molecule has 12 rings (SSSR count). The van der Waals surface area contributed by atoms with Gasteiger partial charge in [0.05, 0.1) is 0 Å². The molecule has 0 fully saturated rings. The van der Waals surface area contributed by atoms with Gasteiger partial charge in [0.25, 0.3) is 0 Å². The smallest absolute Gasteiger partial charge is 0.00259 e. The van der Waals surface area contributed by atoms with Gasteiger partial charge in [-0.2, -0.15) is 0 Å². The number of rotatable bonds is 5. The highest BCUT2D eigenvalue weighted by molar-refractivity contribution is 6.22. The van der Waals surface area contributed by atoms with Crippen LogP contribution in [-0.2, 0) is 0 Å². The van der Waals surface area contributed by atoms with E-state index in [2.05, 4.69) is 243 Å². The summed E-state index contributed by atoms with van der Waals surface area (Å²) < 4.78 is 0. The van der Waals surface area contributed by atoms with E-state index < -0.39 is 0 Å². The van der Waals surface area contributed by atoms with Crippen LogP contribution in [0.2, 0.25) is 0 Å². The Hall–Kier alpha value is -8.06. The van der Waals surface area contributed by atoms with E-state index in [9.17, 15) is 0 Å². The largest absolute Gasteiger partial charge is 0.0622 e. The fourth-order valence-corrected chi connectivity index (χ4v) is 9.99. The van der Waals surface area contributed by atoms with E-state index in [4.69, 9.17) is 0 Å². The monoisotopic (exact) mass is 784 g/mol. The normalized spacial score (nSPS) is 11.5. The van der Waals surface area contributed by atoms with Crippen molar-refractivity contribution >= 4 is 21.5 Å². The summed E-state index contributed by atoms with van der Waals surface area (Å²) in [6.45, 7) is 0. The first-order valence-electron chi connectivity index (χ1n) is 21.5. The Balaban J connectivity index is 1.09. The van der Waals surface area contributed by atoms with Crippen molar-refractivity contribution in [3.8, 4) is 100 Å². The van der Waals surface area contributed by atoms with Gasteiger partial charge in [-0.3, -0.25) is 0 Å². The van der Waals surface area contributed by atoms with Gasteiger partial charge in [0.2, 0.25) is 0 Å². The zero-order valence-electron chi connectivity index (χ0n) is 34.1. The van der Waals surface area contributed by atoms with Crippen molar-refractivity contribution in [2.75, 3.05) is 0 Å². The van der Waals surface area contributed by atoms with Crippen LogP contribution in [0.15, 0.2) is 243 Å². The van der Waals surface area contributed by atoms with Crippen molar-refractivity contribution in [3.63, 3.8) is 0 Å². The summed E-state index contributed by atoms with van der Waals surface area (Å²) in [5, 5.41) is 4.96. The van der Waals surface area contributed by atoms with Crippen molar-refractivity contribution in [2.45, 2.75) is 0 Å². The highest BCUT2D eigenvalue weighted by Gasteiger charge is 2.24. The molecule has 0 aromatic heterocycles. The maximum Gasteiger partial charge on any atom is -0.00259 e. The predicted molar refractivity (Wildman–Crippen MR) is 264 cm³/mol. The van der Waals surface area contributed by atoms with Crippen molar-refractivity contribution in [1.29, 1.82) is 0 Å². The van der Waals surface area contributed by atoms with Crippen LogP contribution in [0, 0.1) is 0 Å². The number of hydrogen-bond donors (Lipinski definition) is 0. The van der Waals surface area contributed by atoms with Crippen molar-refractivity contribution in [1.82, 2.24) is 0 Å². The second-order valence-corrected chi connectivity index (χ2v) is 16.3. The minimum Gasteiger partial charge on any atom is -0.0622 e. The minimum absolute atomic E-state index is 1.19. The van der Waals surface area contributed by atoms with Gasteiger partial charge in [0.1, 0.15) is 0 Å². The second kappa shape index (κ2) is 14.9. The summed E-state index contributed by atoms with van der Waals surface area (Å²) in [5.41, 5.74) is 22.2. The van der Waals surface area contributed by atoms with Gasteiger partial charge in [-0.1, -0.05) is 218 Å². The average molecular weight is 785 g/mol. The molecule has 62 heavy (non-hydrogen) atoms. The molecule has 11 aromatic rings. The third kappa shape index (κ3) is 5.99. The molecule has 1 aliphatic rings. The Morgan fingerprint density at radius 2 is 0.419 bits per heavy atom. The molecule has 0 radical (unpaired) electrons. The van der Waals surface area contributed by atoms with Crippen LogP contribution in [0.1, 0.15) is 0 Å². The van der Waals surface area contributed by atoms with E-state index in [0.29, 0.717) is 0 Å². The van der Waals surface area contributed by atoms with Crippen molar-refractivity contribution < 1.29 is 0 Å². The number of fused-ring (bicyclic) bond motifs is 10. The lowest BCUT2D eigenvalue weighted by Gasteiger charge is -2.24. The zero-order chi connectivity index (χ0) is 41.0. The standard InChI is InChI=1S/C62H40/c1-3-17-41(18-4-1)43-31-33-44(34-32-43)47-37-46(42-19-5-2-6-20-42)38-48(39-47)62-58-29-15-13-27-56(58)61(57-28-14-16-30-59(57)62)45-35-36-55-53-25-10-9-23-51(53)49-21-7-8-22-50(49)52-24-11-12-26-54(52)60(55)40-45/h1-40H. The number of benzene rings is 11. The van der Waals surface area contributed by atoms with Crippen molar-refractivity contribution in [3.05, 3.63) is 243 Å². The molecule has 0 saturated carbocycles. The third-order valence-corrected chi connectivity index (χ3v) is 12.8. The Kier molecular flexibility index (Phi) is 8.61. The molecule has 0 aliphatic heterocycles. The Morgan fingerprint density at radius 3 is 0.855 bits per heavy atom. The van der Waals surface area contributed by atoms with E-state index in [1.807, 2.05) is 0 Å². The van der Waals surface area contributed by atoms with Crippen LogP contribution in [-0.4, -0.2) is 0 Å². The maximum atomic E-state index is 2.46. The van der Waals surface area contributed by atoms with Gasteiger partial charge >= 0.3 is 0 Å². The van der Waals surface area contributed by atoms with Gasteiger partial charge in [-0.25, -0.2) is 0 Å². The summed E-state index contributed by atoms with van der Waals surface area (Å²) in [6, 6.07) is 89.5. The molecular formula is C62H40. The summed E-state index contributed by atoms with van der Waals surface area (Å²) >= 11 is 0. The molecule has 0 heteroatoms. The molecule has 1 aliphatic carbocycles. The topological polar surface area (TPSA) is 0 Å². The van der Waals surface area contributed by atoms with E-state index in [-0.39, 0.29) is 0 Å². The summed E-state index contributed by atoms with van der Waals surface area (Å²) in [7, 11) is 0. The van der Waals surface area contributed by atoms with Crippen LogP contribution in [0.25, 0.3) is 122 Å². The molecule has 0 unspecified atom stereocenters. The van der Waals surface area contributed by atoms with Gasteiger partial charge < -0.3 is 0 Å². The first kappa shape index (κ1) is 35.8. The summed E-state index contributed by atoms with van der Waals surface area (Å²) in [6.07, 6.45) is 0. The third-order valence-electron chi connectivity index (χ3n) is 12.8. The Morgan fingerprint density at radius 1 is 0.145 bits per heavy atom. The molecular weight excluding hydrogens is 745 g/mol. The van der Waals surface area contributed by atoms with Gasteiger partial charge in [0, 0.05) is 0 Å². The molecule has 0 saturated heterocycles. The predicted octanol–water partition coefficient (Wildman–Crippen LogP) is 17.3. The van der Waals surface area contributed by atoms with E-state index in [1.165, 1.54) is 122 Å². The molecule has 0 N–H and O–H groups in total. The van der Waals surface area contributed by atoms with Gasteiger partial charge in [-0.05, 0) is 146 Å². The lowest BCUT2D eigenvalue weighted by molar-refractivity contribution is 1.52. The summed E-state index contributed by atoms with van der Waals surface area (Å²) in [5.74, 6) is 0. The van der Waals surface area contributed by atoms with Crippen molar-refractivity contribution in [2.24, 2.45) is 0 Å². The first-order valence-corrected chi connectivity index (χ1v) is 21.5. The number of hydrogen-bond acceptors (Lipinski definition) is 0. The van der Waals surface area contributed by atoms with E-state index in [1.54, 1.807) is 0 Å². The van der Waals surface area contributed by atoms with Crippen LogP contribution < -0.4 is 0 Å². The van der Waals surface area contributed by atoms with E-state index >= 15 is 0 Å². The highest BCUT2D eigenvalue weighted by atomic mass is 14.3. The minimum atomic E-state index is 1.19. The second-order valence-electron chi connectivity index (χ2n) is 16.3. The molecule has 288 valence electrons. The Labute approximate surface area is 362 Å². The molecule has 0 bridgehead atoms. The summed E-state index contributed by atoms with van der Waals surface area (Å²) in [4.78, 5) is 0. The lowest BCUT2D eigenvalue weighted by Crippen LogP contribution is -1.98. The fourth-order valence-electron chi connectivity index (χ4n) is 9.99. The molecule has 0 heterocycles. The zero-order valence-corrected chi connectivity index (χ0v) is 34.1.